The second-order valence-corrected chi connectivity index (χ2v) is 11.0. The predicted octanol–water partition coefficient (Wildman–Crippen LogP) is 1.36. The zero-order valence-electron chi connectivity index (χ0n) is 21.5. The minimum Gasteiger partial charge on any atom is -0.388 e. The van der Waals surface area contributed by atoms with Gasteiger partial charge in [0.25, 0.3) is 0 Å². The molecular formula is C27H43N3O5. The molecule has 0 aromatic heterocycles. The summed E-state index contributed by atoms with van der Waals surface area (Å²) in [4.78, 5) is 16.9. The zero-order chi connectivity index (χ0) is 25.1. The van der Waals surface area contributed by atoms with Gasteiger partial charge >= 0.3 is 0 Å². The molecule has 3 heterocycles. The van der Waals surface area contributed by atoms with Gasteiger partial charge in [0, 0.05) is 38.6 Å². The van der Waals surface area contributed by atoms with Crippen LogP contribution in [0.2, 0.25) is 0 Å². The number of morpholine rings is 1. The average molecular weight is 490 g/mol. The van der Waals surface area contributed by atoms with Crippen LogP contribution in [0.3, 0.4) is 0 Å². The van der Waals surface area contributed by atoms with Crippen molar-refractivity contribution >= 4 is 5.91 Å². The minimum atomic E-state index is -0.867. The summed E-state index contributed by atoms with van der Waals surface area (Å²) in [6.45, 7) is 5.93. The van der Waals surface area contributed by atoms with Crippen LogP contribution in [0.25, 0.3) is 0 Å². The number of hydrogen-bond donors (Lipinski definition) is 3. The molecule has 0 saturated carbocycles. The molecule has 1 aromatic rings. The Balaban J connectivity index is 1.48. The second-order valence-electron chi connectivity index (χ2n) is 11.0. The molecule has 3 aliphatic heterocycles. The molecule has 8 heteroatoms. The molecule has 3 aliphatic rings. The Morgan fingerprint density at radius 3 is 2.63 bits per heavy atom. The largest absolute Gasteiger partial charge is 0.388 e. The lowest BCUT2D eigenvalue weighted by Gasteiger charge is -2.52. The van der Waals surface area contributed by atoms with Gasteiger partial charge in [0.05, 0.1) is 30.5 Å². The van der Waals surface area contributed by atoms with Crippen LogP contribution in [-0.2, 0) is 14.3 Å². The summed E-state index contributed by atoms with van der Waals surface area (Å²) in [6.07, 6.45) is 1.53. The van der Waals surface area contributed by atoms with Gasteiger partial charge in [-0.2, -0.15) is 0 Å². The summed E-state index contributed by atoms with van der Waals surface area (Å²) in [5.74, 6) is 0.0853. The molecule has 3 fully saturated rings. The van der Waals surface area contributed by atoms with Gasteiger partial charge in [-0.3, -0.25) is 9.69 Å². The maximum Gasteiger partial charge on any atom is 0.221 e. The fraction of sp³-hybridized carbons (Fsp3) is 0.741. The number of amides is 1. The molecule has 2 bridgehead atoms. The van der Waals surface area contributed by atoms with Crippen LogP contribution in [-0.4, -0.2) is 109 Å². The van der Waals surface area contributed by atoms with Gasteiger partial charge in [-0.15, -0.1) is 0 Å². The highest BCUT2D eigenvalue weighted by molar-refractivity contribution is 5.76. The van der Waals surface area contributed by atoms with Gasteiger partial charge in [0.1, 0.15) is 6.10 Å². The van der Waals surface area contributed by atoms with Crippen LogP contribution in [0.1, 0.15) is 50.5 Å². The van der Waals surface area contributed by atoms with E-state index in [1.807, 2.05) is 39.2 Å². The van der Waals surface area contributed by atoms with Crippen LogP contribution in [0.5, 0.6) is 0 Å². The Morgan fingerprint density at radius 1 is 1.23 bits per heavy atom. The number of fused-ring (bicyclic) bond motifs is 2. The third kappa shape index (κ3) is 6.06. The second kappa shape index (κ2) is 11.2. The summed E-state index contributed by atoms with van der Waals surface area (Å²) in [5.41, 5.74) is -0.439. The maximum absolute atomic E-state index is 12.6. The number of rotatable bonds is 8. The topological polar surface area (TPSA) is 94.5 Å². The molecule has 0 radical (unpaired) electrons. The van der Waals surface area contributed by atoms with E-state index in [0.29, 0.717) is 51.9 Å². The summed E-state index contributed by atoms with van der Waals surface area (Å²) in [7, 11) is 3.97. The summed E-state index contributed by atoms with van der Waals surface area (Å²) in [5, 5.41) is 25.9. The van der Waals surface area contributed by atoms with E-state index < -0.39 is 23.4 Å². The number of aliphatic hydroxyl groups is 2. The summed E-state index contributed by atoms with van der Waals surface area (Å²) in [6, 6.07) is 10.3. The lowest BCUT2D eigenvalue weighted by Crippen LogP contribution is -2.61. The first-order valence-corrected chi connectivity index (χ1v) is 13.1. The van der Waals surface area contributed by atoms with Crippen molar-refractivity contribution in [2.45, 2.75) is 74.4 Å². The first-order valence-electron chi connectivity index (χ1n) is 13.1. The molecule has 196 valence electrons. The third-order valence-corrected chi connectivity index (χ3v) is 8.33. The maximum atomic E-state index is 12.6. The number of likely N-dealkylation sites (N-methyl/N-ethyl adjacent to an activating group) is 1. The summed E-state index contributed by atoms with van der Waals surface area (Å²) < 4.78 is 12.1. The lowest BCUT2D eigenvalue weighted by molar-refractivity contribution is -0.250. The Labute approximate surface area is 209 Å². The average Bonchev–Trinajstić information content (AvgIpc) is 2.94. The van der Waals surface area contributed by atoms with Crippen LogP contribution < -0.4 is 5.32 Å². The zero-order valence-corrected chi connectivity index (χ0v) is 21.5. The Bertz CT molecular complexity index is 833. The molecule has 0 unspecified atom stereocenters. The molecule has 3 saturated heterocycles. The van der Waals surface area contributed by atoms with E-state index in [1.165, 1.54) is 5.56 Å². The van der Waals surface area contributed by atoms with Gasteiger partial charge in [-0.05, 0) is 58.2 Å². The number of nitrogens with one attached hydrogen (secondary N) is 1. The van der Waals surface area contributed by atoms with Gasteiger partial charge in [0.15, 0.2) is 0 Å². The molecule has 35 heavy (non-hydrogen) atoms. The molecule has 3 N–H and O–H groups in total. The van der Waals surface area contributed by atoms with Gasteiger partial charge in [-0.1, -0.05) is 30.3 Å². The van der Waals surface area contributed by atoms with Crippen molar-refractivity contribution in [2.24, 2.45) is 0 Å². The molecule has 1 aromatic carbocycles. The standard InChI is InChI=1S/C27H43N3O5/c1-26-17-21(20-7-5-4-6-8-20)18-27(35-26,11-9-22(25(26)33)29(2)3)23(31)19-28-24(32)10-12-30-13-15-34-16-14-30/h4-8,21-23,25,31,33H,9-19H2,1-3H3,(H,28,32)/t21-,22-,23-,25+,26+,27+/m1/s1. The van der Waals surface area contributed by atoms with E-state index in [2.05, 4.69) is 27.2 Å². The van der Waals surface area contributed by atoms with Crippen molar-refractivity contribution in [3.05, 3.63) is 35.9 Å². The Kier molecular flexibility index (Phi) is 8.51. The van der Waals surface area contributed by atoms with Crippen molar-refractivity contribution in [3.63, 3.8) is 0 Å². The minimum absolute atomic E-state index is 0.0632. The normalized spacial score (nSPS) is 34.9. The number of benzene rings is 1. The van der Waals surface area contributed by atoms with E-state index in [1.54, 1.807) is 0 Å². The molecule has 0 aliphatic carbocycles. The van der Waals surface area contributed by atoms with Crippen LogP contribution in [0.15, 0.2) is 30.3 Å². The van der Waals surface area contributed by atoms with Crippen molar-refractivity contribution in [1.29, 1.82) is 0 Å². The van der Waals surface area contributed by atoms with E-state index in [4.69, 9.17) is 9.47 Å². The number of nitrogens with zero attached hydrogens (tertiary/aromatic N) is 2. The van der Waals surface area contributed by atoms with Crippen molar-refractivity contribution < 1.29 is 24.5 Å². The number of carbonyl (C=O) groups is 1. The molecule has 4 rings (SSSR count). The van der Waals surface area contributed by atoms with E-state index in [9.17, 15) is 15.0 Å². The first-order chi connectivity index (χ1) is 16.7. The van der Waals surface area contributed by atoms with E-state index in [-0.39, 0.29) is 24.4 Å². The first kappa shape index (κ1) is 26.5. The molecule has 8 nitrogen and oxygen atoms in total. The quantitative estimate of drug-likeness (QED) is 0.508. The predicted molar refractivity (Wildman–Crippen MR) is 134 cm³/mol. The highest BCUT2D eigenvalue weighted by Crippen LogP contribution is 2.51. The lowest BCUT2D eigenvalue weighted by atomic mass is 9.72. The Morgan fingerprint density at radius 2 is 1.94 bits per heavy atom. The van der Waals surface area contributed by atoms with Gasteiger partial charge in [-0.25, -0.2) is 0 Å². The number of ether oxygens (including phenoxy) is 2. The van der Waals surface area contributed by atoms with Crippen molar-refractivity contribution in [3.8, 4) is 0 Å². The monoisotopic (exact) mass is 489 g/mol. The number of aliphatic hydroxyl groups excluding tert-OH is 2. The smallest absolute Gasteiger partial charge is 0.221 e. The number of hydrogen-bond acceptors (Lipinski definition) is 7. The van der Waals surface area contributed by atoms with Gasteiger partial charge in [0.2, 0.25) is 5.91 Å². The highest BCUT2D eigenvalue weighted by atomic mass is 16.6. The highest BCUT2D eigenvalue weighted by Gasteiger charge is 2.57. The molecular weight excluding hydrogens is 446 g/mol. The fourth-order valence-corrected chi connectivity index (χ4v) is 6.26. The van der Waals surface area contributed by atoms with Crippen LogP contribution in [0, 0.1) is 0 Å². The van der Waals surface area contributed by atoms with E-state index in [0.717, 1.165) is 13.1 Å². The SMILES string of the molecule is CN(C)[C@@H]1CC[C@@]2([C@H](O)CNC(=O)CCN3CCOCC3)C[C@H](c3ccccc3)C[C@](C)(O2)[C@H]1O. The molecule has 6 atom stereocenters. The van der Waals surface area contributed by atoms with Crippen molar-refractivity contribution in [2.75, 3.05) is 53.5 Å². The van der Waals surface area contributed by atoms with Crippen LogP contribution in [0.4, 0.5) is 0 Å². The Hall–Kier alpha value is -1.55. The van der Waals surface area contributed by atoms with Crippen LogP contribution >= 0.6 is 0 Å². The third-order valence-electron chi connectivity index (χ3n) is 8.33. The fourth-order valence-electron chi connectivity index (χ4n) is 6.26. The van der Waals surface area contributed by atoms with Crippen molar-refractivity contribution in [1.82, 2.24) is 15.1 Å². The molecule has 1 amide bonds. The van der Waals surface area contributed by atoms with Gasteiger partial charge < -0.3 is 29.9 Å². The summed E-state index contributed by atoms with van der Waals surface area (Å²) >= 11 is 0. The number of carbonyl (C=O) groups excluding carboxylic acids is 1. The van der Waals surface area contributed by atoms with E-state index >= 15 is 0 Å². The molecule has 0 spiro atoms.